The molecule has 0 saturated carbocycles. The number of hydrogen-bond donors (Lipinski definition) is 0. The van der Waals surface area contributed by atoms with Crippen LogP contribution in [-0.4, -0.2) is 39.5 Å². The van der Waals surface area contributed by atoms with Crippen LogP contribution >= 0.6 is 0 Å². The van der Waals surface area contributed by atoms with Gasteiger partial charge in [-0.1, -0.05) is 6.07 Å². The molecule has 0 aliphatic carbocycles. The van der Waals surface area contributed by atoms with Gasteiger partial charge in [-0.3, -0.25) is 0 Å². The van der Waals surface area contributed by atoms with Crippen LogP contribution in [0, 0.1) is 17.1 Å². The molecule has 0 spiro atoms. The molecule has 8 heteroatoms. The van der Waals surface area contributed by atoms with Gasteiger partial charge in [-0.2, -0.15) is 5.26 Å². The zero-order valence-corrected chi connectivity index (χ0v) is 12.5. The first-order valence-electron chi connectivity index (χ1n) is 6.48. The summed E-state index contributed by atoms with van der Waals surface area (Å²) < 4.78 is 28.8. The molecule has 0 saturated heterocycles. The average Bonchev–Trinajstić information content (AvgIpc) is 2.59. The monoisotopic (exact) mass is 320 g/mol. The number of esters is 2. The van der Waals surface area contributed by atoms with Gasteiger partial charge in [0, 0.05) is 0 Å². The van der Waals surface area contributed by atoms with E-state index in [1.807, 2.05) is 6.07 Å². The number of para-hydroxylation sites is 1. The second kappa shape index (κ2) is 6.89. The molecule has 0 bridgehead atoms. The maximum Gasteiger partial charge on any atom is 0.355 e. The number of methoxy groups -OCH3 is 2. The number of anilines is 1. The van der Waals surface area contributed by atoms with Crippen LogP contribution in [0.5, 0.6) is 0 Å². The average molecular weight is 320 g/mol. The van der Waals surface area contributed by atoms with Crippen LogP contribution < -0.4 is 4.90 Å². The molecule has 0 unspecified atom stereocenters. The Labute approximate surface area is 131 Å². The Balaban J connectivity index is 2.68. The van der Waals surface area contributed by atoms with Crippen molar-refractivity contribution in [3.05, 3.63) is 40.8 Å². The molecule has 1 aromatic rings. The van der Waals surface area contributed by atoms with Crippen molar-refractivity contribution in [2.75, 3.05) is 32.5 Å². The third-order valence-electron chi connectivity index (χ3n) is 3.21. The van der Waals surface area contributed by atoms with Crippen molar-refractivity contribution in [2.45, 2.75) is 0 Å². The zero-order valence-electron chi connectivity index (χ0n) is 12.5. The predicted molar refractivity (Wildman–Crippen MR) is 75.5 cm³/mol. The molecule has 2 rings (SSSR count). The quantitative estimate of drug-likeness (QED) is 0.770. The maximum absolute atomic E-state index is 14.2. The van der Waals surface area contributed by atoms with Crippen molar-refractivity contribution < 1.29 is 28.2 Å². The summed E-state index contributed by atoms with van der Waals surface area (Å²) in [5, 5.41) is 9.17. The van der Waals surface area contributed by atoms with Crippen LogP contribution in [0.15, 0.2) is 29.5 Å². The molecule has 0 N–H and O–H groups in total. The molecule has 0 radical (unpaired) electrons. The number of ether oxygens (including phenoxy) is 3. The van der Waals surface area contributed by atoms with Crippen LogP contribution in [0.25, 0.3) is 0 Å². The van der Waals surface area contributed by atoms with E-state index in [1.165, 1.54) is 12.1 Å². The molecule has 23 heavy (non-hydrogen) atoms. The van der Waals surface area contributed by atoms with Crippen LogP contribution in [0.1, 0.15) is 5.56 Å². The van der Waals surface area contributed by atoms with Crippen molar-refractivity contribution in [3.8, 4) is 6.07 Å². The third-order valence-corrected chi connectivity index (χ3v) is 3.21. The highest BCUT2D eigenvalue weighted by molar-refractivity contribution is 6.03. The molecular weight excluding hydrogens is 307 g/mol. The molecule has 1 heterocycles. The fourth-order valence-corrected chi connectivity index (χ4v) is 2.20. The minimum absolute atomic E-state index is 0.0129. The Morgan fingerprint density at radius 1 is 1.30 bits per heavy atom. The van der Waals surface area contributed by atoms with E-state index < -0.39 is 17.8 Å². The van der Waals surface area contributed by atoms with Crippen molar-refractivity contribution in [1.29, 1.82) is 5.26 Å². The summed E-state index contributed by atoms with van der Waals surface area (Å²) in [4.78, 5) is 25.1. The lowest BCUT2D eigenvalue weighted by atomic mass is 10.1. The summed E-state index contributed by atoms with van der Waals surface area (Å²) in [5.41, 5.74) is -0.512. The van der Waals surface area contributed by atoms with Crippen molar-refractivity contribution in [2.24, 2.45) is 0 Å². The van der Waals surface area contributed by atoms with Crippen LogP contribution in [0.2, 0.25) is 0 Å². The number of rotatable bonds is 3. The smallest absolute Gasteiger partial charge is 0.355 e. The number of halogens is 1. The molecule has 7 nitrogen and oxygen atoms in total. The van der Waals surface area contributed by atoms with E-state index in [0.29, 0.717) is 0 Å². The SMILES string of the molecule is COC(=O)C1=C(C(=O)OC)N(c2c(F)cccc2C#N)COC1. The minimum atomic E-state index is -0.860. The number of benzene rings is 1. The highest BCUT2D eigenvalue weighted by Crippen LogP contribution is 2.31. The Morgan fingerprint density at radius 3 is 2.61 bits per heavy atom. The molecule has 1 aliphatic heterocycles. The maximum atomic E-state index is 14.2. The second-order valence-electron chi connectivity index (χ2n) is 4.46. The third kappa shape index (κ3) is 3.00. The summed E-state index contributed by atoms with van der Waals surface area (Å²) in [6.45, 7) is -0.412. The number of nitriles is 1. The number of carbonyl (C=O) groups excluding carboxylic acids is 2. The lowest BCUT2D eigenvalue weighted by Gasteiger charge is -2.31. The Morgan fingerprint density at radius 2 is 2.00 bits per heavy atom. The van der Waals surface area contributed by atoms with Crippen molar-refractivity contribution in [3.63, 3.8) is 0 Å². The van der Waals surface area contributed by atoms with Gasteiger partial charge in [-0.25, -0.2) is 14.0 Å². The van der Waals surface area contributed by atoms with E-state index in [-0.39, 0.29) is 35.9 Å². The van der Waals surface area contributed by atoms with Gasteiger partial charge < -0.3 is 19.1 Å². The van der Waals surface area contributed by atoms with Gasteiger partial charge >= 0.3 is 11.9 Å². The molecular formula is C15H13FN2O5. The highest BCUT2D eigenvalue weighted by Gasteiger charge is 2.34. The first kappa shape index (κ1) is 16.5. The van der Waals surface area contributed by atoms with Crippen LogP contribution in [0.4, 0.5) is 10.1 Å². The summed E-state index contributed by atoms with van der Waals surface area (Å²) in [7, 11) is 2.28. The van der Waals surface area contributed by atoms with Gasteiger partial charge in [0.1, 0.15) is 24.3 Å². The molecule has 1 aliphatic rings. The Hall–Kier alpha value is -2.92. The standard InChI is InChI=1S/C15H13FN2O5/c1-21-14(19)10-7-23-8-18(13(10)15(20)22-2)12-9(6-17)4-3-5-11(12)16/h3-5H,7-8H2,1-2H3. The van der Waals surface area contributed by atoms with Gasteiger partial charge in [-0.15, -0.1) is 0 Å². The van der Waals surface area contributed by atoms with Gasteiger partial charge in [0.05, 0.1) is 37.7 Å². The molecule has 0 amide bonds. The minimum Gasteiger partial charge on any atom is -0.466 e. The summed E-state index contributed by atoms with van der Waals surface area (Å²) in [5.74, 6) is -2.40. The van der Waals surface area contributed by atoms with Gasteiger partial charge in [0.15, 0.2) is 0 Å². The Bertz CT molecular complexity index is 723. The van der Waals surface area contributed by atoms with Crippen molar-refractivity contribution in [1.82, 2.24) is 0 Å². The summed E-state index contributed by atoms with van der Waals surface area (Å²) in [6, 6.07) is 5.73. The predicted octanol–water partition coefficient (Wildman–Crippen LogP) is 1.09. The first-order chi connectivity index (χ1) is 11.0. The molecule has 120 valence electrons. The lowest BCUT2D eigenvalue weighted by molar-refractivity contribution is -0.140. The fourth-order valence-electron chi connectivity index (χ4n) is 2.20. The molecule has 1 aromatic carbocycles. The van der Waals surface area contributed by atoms with Gasteiger partial charge in [0.2, 0.25) is 0 Å². The van der Waals surface area contributed by atoms with E-state index in [2.05, 4.69) is 9.47 Å². The van der Waals surface area contributed by atoms with E-state index in [0.717, 1.165) is 25.2 Å². The van der Waals surface area contributed by atoms with E-state index in [1.54, 1.807) is 0 Å². The van der Waals surface area contributed by atoms with E-state index >= 15 is 0 Å². The second-order valence-corrected chi connectivity index (χ2v) is 4.46. The van der Waals surface area contributed by atoms with E-state index in [9.17, 15) is 14.0 Å². The van der Waals surface area contributed by atoms with Crippen molar-refractivity contribution >= 4 is 17.6 Å². The highest BCUT2D eigenvalue weighted by atomic mass is 19.1. The summed E-state index contributed by atoms with van der Waals surface area (Å²) in [6.07, 6.45) is 0. The first-order valence-corrected chi connectivity index (χ1v) is 6.48. The Kier molecular flexibility index (Phi) is 4.93. The van der Waals surface area contributed by atoms with E-state index in [4.69, 9.17) is 10.00 Å². The number of carbonyl (C=O) groups is 2. The normalized spacial score (nSPS) is 14.3. The summed E-state index contributed by atoms with van der Waals surface area (Å²) >= 11 is 0. The molecule has 0 atom stereocenters. The number of nitrogens with zero attached hydrogens (tertiary/aromatic N) is 2. The molecule has 0 fully saturated rings. The number of hydrogen-bond acceptors (Lipinski definition) is 7. The molecule has 0 aromatic heterocycles. The van der Waals surface area contributed by atoms with Gasteiger partial charge in [0.25, 0.3) is 0 Å². The van der Waals surface area contributed by atoms with Gasteiger partial charge in [-0.05, 0) is 12.1 Å². The van der Waals surface area contributed by atoms with Crippen LogP contribution in [-0.2, 0) is 23.8 Å². The lowest BCUT2D eigenvalue weighted by Crippen LogP contribution is -2.39. The zero-order chi connectivity index (χ0) is 17.0. The van der Waals surface area contributed by atoms with Crippen LogP contribution in [0.3, 0.4) is 0 Å². The topological polar surface area (TPSA) is 88.9 Å². The largest absolute Gasteiger partial charge is 0.466 e. The fraction of sp³-hybridized carbons (Fsp3) is 0.267.